The van der Waals surface area contributed by atoms with Crippen LogP contribution in [0.3, 0.4) is 0 Å². The van der Waals surface area contributed by atoms with Crippen LogP contribution in [0.4, 0.5) is 5.69 Å². The molecule has 35 heavy (non-hydrogen) atoms. The first-order valence-electron chi connectivity index (χ1n) is 10.5. The Morgan fingerprint density at radius 3 is 1.51 bits per heavy atom. The van der Waals surface area contributed by atoms with Gasteiger partial charge in [0.15, 0.2) is 0 Å². The Morgan fingerprint density at radius 2 is 1.03 bits per heavy atom. The minimum atomic E-state index is 0.278. The molecule has 4 aromatic rings. The third-order valence-corrected chi connectivity index (χ3v) is 5.17. The summed E-state index contributed by atoms with van der Waals surface area (Å²) >= 11 is 0. The maximum atomic E-state index is 9.17. The van der Waals surface area contributed by atoms with Crippen molar-refractivity contribution in [1.29, 1.82) is 15.8 Å². The van der Waals surface area contributed by atoms with E-state index >= 15 is 0 Å². The molecule has 0 aliphatic heterocycles. The van der Waals surface area contributed by atoms with E-state index in [-0.39, 0.29) is 11.1 Å². The zero-order valence-corrected chi connectivity index (χ0v) is 18.4. The van der Waals surface area contributed by atoms with Gasteiger partial charge in [0.05, 0.1) is 29.3 Å². The fourth-order valence-corrected chi connectivity index (χ4v) is 3.40. The summed E-state index contributed by atoms with van der Waals surface area (Å²) in [6, 6.07) is 30.9. The monoisotopic (exact) mass is 452 g/mol. The third-order valence-electron chi connectivity index (χ3n) is 5.17. The average Bonchev–Trinajstić information content (AvgIpc) is 2.90. The molecular formula is C29H16N4O2. The van der Waals surface area contributed by atoms with E-state index in [1.165, 1.54) is 0 Å². The number of benzene rings is 4. The highest BCUT2D eigenvalue weighted by Gasteiger charge is 2.07. The van der Waals surface area contributed by atoms with Crippen LogP contribution in [0.25, 0.3) is 4.85 Å². The summed E-state index contributed by atoms with van der Waals surface area (Å²) in [6.07, 6.45) is 0.717. The van der Waals surface area contributed by atoms with Gasteiger partial charge < -0.3 is 9.47 Å². The van der Waals surface area contributed by atoms with Crippen molar-refractivity contribution in [2.45, 2.75) is 6.42 Å². The Morgan fingerprint density at radius 1 is 0.571 bits per heavy atom. The van der Waals surface area contributed by atoms with E-state index < -0.39 is 0 Å². The molecule has 0 saturated heterocycles. The molecule has 0 bridgehead atoms. The first-order chi connectivity index (χ1) is 17.1. The van der Waals surface area contributed by atoms with Crippen LogP contribution < -0.4 is 9.47 Å². The lowest BCUT2D eigenvalue weighted by Crippen LogP contribution is -1.91. The van der Waals surface area contributed by atoms with Crippen molar-refractivity contribution in [3.8, 4) is 41.2 Å². The topological polar surface area (TPSA) is 94.2 Å². The van der Waals surface area contributed by atoms with Gasteiger partial charge in [0.2, 0.25) is 5.69 Å². The van der Waals surface area contributed by atoms with E-state index in [1.54, 1.807) is 36.4 Å². The van der Waals surface area contributed by atoms with Crippen LogP contribution in [0.15, 0.2) is 84.9 Å². The SMILES string of the molecule is [C-]#[N+]c1ccc(Oc2ccc(Cc3ccc(Oc4ccc(C#N)c(C#N)c4)cc3)cc2)cc1C#N. The molecule has 4 aromatic carbocycles. The molecule has 0 unspecified atom stereocenters. The summed E-state index contributed by atoms with van der Waals surface area (Å²) < 4.78 is 11.6. The standard InChI is InChI=1S/C29H16N4O2/c1-33-29-13-12-28(16-24(29)19-32)35-26-9-4-21(5-10-26)14-20-2-7-25(8-3-20)34-27-11-6-22(17-30)23(15-27)18-31/h2-13,15-16H,14H2. The Labute approximate surface area is 202 Å². The van der Waals surface area contributed by atoms with Crippen molar-refractivity contribution in [3.63, 3.8) is 0 Å². The summed E-state index contributed by atoms with van der Waals surface area (Å²) in [6.45, 7) is 7.09. The molecule has 0 saturated carbocycles. The van der Waals surface area contributed by atoms with Crippen molar-refractivity contribution in [1.82, 2.24) is 0 Å². The van der Waals surface area contributed by atoms with Crippen LogP contribution in [-0.2, 0) is 6.42 Å². The lowest BCUT2D eigenvalue weighted by molar-refractivity contribution is 0.482. The maximum absolute atomic E-state index is 9.17. The first kappa shape index (κ1) is 22.6. The molecular weight excluding hydrogens is 436 g/mol. The molecule has 0 aliphatic carbocycles. The van der Waals surface area contributed by atoms with Gasteiger partial charge in [-0.2, -0.15) is 15.8 Å². The molecule has 0 spiro atoms. The normalized spacial score (nSPS) is 9.71. The highest BCUT2D eigenvalue weighted by Crippen LogP contribution is 2.29. The van der Waals surface area contributed by atoms with Gasteiger partial charge in [-0.3, -0.25) is 0 Å². The zero-order valence-electron chi connectivity index (χ0n) is 18.4. The zero-order chi connectivity index (χ0) is 24.6. The van der Waals surface area contributed by atoms with Crippen molar-refractivity contribution >= 4 is 5.69 Å². The van der Waals surface area contributed by atoms with Crippen LogP contribution in [0.5, 0.6) is 23.0 Å². The molecule has 0 amide bonds. The second kappa shape index (κ2) is 10.4. The quantitative estimate of drug-likeness (QED) is 0.293. The van der Waals surface area contributed by atoms with E-state index in [0.717, 1.165) is 11.1 Å². The van der Waals surface area contributed by atoms with Gasteiger partial charge in [-0.15, -0.1) is 0 Å². The number of hydrogen-bond donors (Lipinski definition) is 0. The largest absolute Gasteiger partial charge is 0.457 e. The molecule has 0 radical (unpaired) electrons. The third kappa shape index (κ3) is 5.44. The van der Waals surface area contributed by atoms with Crippen molar-refractivity contribution in [2.24, 2.45) is 0 Å². The molecule has 164 valence electrons. The van der Waals surface area contributed by atoms with E-state index in [0.29, 0.717) is 40.7 Å². The van der Waals surface area contributed by atoms with Crippen LogP contribution in [0.1, 0.15) is 27.8 Å². The minimum absolute atomic E-state index is 0.278. The number of rotatable bonds is 6. The van der Waals surface area contributed by atoms with Gasteiger partial charge in [-0.25, -0.2) is 4.85 Å². The van der Waals surface area contributed by atoms with Crippen molar-refractivity contribution in [3.05, 3.63) is 124 Å². The van der Waals surface area contributed by atoms with Crippen LogP contribution in [0, 0.1) is 40.6 Å². The number of nitriles is 3. The molecule has 0 fully saturated rings. The summed E-state index contributed by atoms with van der Waals surface area (Å²) in [4.78, 5) is 3.32. The maximum Gasteiger partial charge on any atom is 0.204 e. The van der Waals surface area contributed by atoms with E-state index in [9.17, 15) is 0 Å². The van der Waals surface area contributed by atoms with Crippen molar-refractivity contribution < 1.29 is 9.47 Å². The second-order valence-corrected chi connectivity index (χ2v) is 7.50. The first-order valence-corrected chi connectivity index (χ1v) is 10.5. The highest BCUT2D eigenvalue weighted by atomic mass is 16.5. The van der Waals surface area contributed by atoms with Gasteiger partial charge in [0.1, 0.15) is 35.1 Å². The lowest BCUT2D eigenvalue weighted by Gasteiger charge is -2.09. The molecule has 0 heterocycles. The number of ether oxygens (including phenoxy) is 2. The number of hydrogen-bond acceptors (Lipinski definition) is 5. The summed E-state index contributed by atoms with van der Waals surface area (Å²) in [5.74, 6) is 2.26. The summed E-state index contributed by atoms with van der Waals surface area (Å²) in [7, 11) is 0. The van der Waals surface area contributed by atoms with Crippen LogP contribution >= 0.6 is 0 Å². The van der Waals surface area contributed by atoms with Gasteiger partial charge >= 0.3 is 0 Å². The molecule has 0 aromatic heterocycles. The molecule has 0 N–H and O–H groups in total. The van der Waals surface area contributed by atoms with E-state index in [2.05, 4.69) is 4.85 Å². The van der Waals surface area contributed by atoms with Gasteiger partial charge in [-0.05, 0) is 72.1 Å². The van der Waals surface area contributed by atoms with E-state index in [4.69, 9.17) is 31.8 Å². The molecule has 0 atom stereocenters. The summed E-state index contributed by atoms with van der Waals surface area (Å²) in [5.41, 5.74) is 3.37. The smallest absolute Gasteiger partial charge is 0.204 e. The van der Waals surface area contributed by atoms with Gasteiger partial charge in [0.25, 0.3) is 0 Å². The van der Waals surface area contributed by atoms with Crippen LogP contribution in [0.2, 0.25) is 0 Å². The number of nitrogens with zero attached hydrogens (tertiary/aromatic N) is 4. The Kier molecular flexibility index (Phi) is 6.70. The predicted molar refractivity (Wildman–Crippen MR) is 129 cm³/mol. The predicted octanol–water partition coefficient (Wildman–Crippen LogP) is 7.03. The van der Waals surface area contributed by atoms with Gasteiger partial charge in [0, 0.05) is 0 Å². The lowest BCUT2D eigenvalue weighted by atomic mass is 10.0. The molecule has 6 heteroatoms. The molecule has 0 aliphatic rings. The molecule has 6 nitrogen and oxygen atoms in total. The average molecular weight is 452 g/mol. The van der Waals surface area contributed by atoms with Crippen molar-refractivity contribution in [2.75, 3.05) is 0 Å². The second-order valence-electron chi connectivity index (χ2n) is 7.50. The molecule has 4 rings (SSSR count). The Bertz CT molecular complexity index is 1430. The fraction of sp³-hybridized carbons (Fsp3) is 0.0345. The highest BCUT2D eigenvalue weighted by molar-refractivity contribution is 5.61. The minimum Gasteiger partial charge on any atom is -0.457 e. The Hall–Kier alpha value is -5.56. The fourth-order valence-electron chi connectivity index (χ4n) is 3.40. The van der Waals surface area contributed by atoms with Crippen LogP contribution in [-0.4, -0.2) is 0 Å². The van der Waals surface area contributed by atoms with E-state index in [1.807, 2.05) is 66.7 Å². The Balaban J connectivity index is 1.39. The van der Waals surface area contributed by atoms with Gasteiger partial charge in [-0.1, -0.05) is 30.3 Å². The summed E-state index contributed by atoms with van der Waals surface area (Å²) in [5, 5.41) is 27.4.